The first kappa shape index (κ1) is 13.5. The van der Waals surface area contributed by atoms with E-state index in [2.05, 4.69) is 9.72 Å². The number of hydrogen-bond donors (Lipinski definition) is 1. The first-order valence-corrected chi connectivity index (χ1v) is 5.66. The minimum Gasteiger partial charge on any atom is -0.477 e. The van der Waals surface area contributed by atoms with Crippen molar-refractivity contribution in [3.05, 3.63) is 53.7 Å². The maximum absolute atomic E-state index is 11.4. The van der Waals surface area contributed by atoms with Crippen molar-refractivity contribution >= 4 is 11.9 Å². The van der Waals surface area contributed by atoms with Crippen LogP contribution in [0.25, 0.3) is 0 Å². The predicted molar refractivity (Wildman–Crippen MR) is 69.1 cm³/mol. The Hall–Kier alpha value is -2.89. The summed E-state index contributed by atoms with van der Waals surface area (Å²) in [6.45, 7) is 0. The van der Waals surface area contributed by atoms with E-state index in [0.717, 1.165) is 0 Å². The van der Waals surface area contributed by atoms with E-state index >= 15 is 0 Å². The zero-order chi connectivity index (χ0) is 14.5. The molecule has 0 radical (unpaired) electrons. The highest BCUT2D eigenvalue weighted by Crippen LogP contribution is 2.23. The molecule has 2 aromatic rings. The summed E-state index contributed by atoms with van der Waals surface area (Å²) in [6.07, 6.45) is 1.42. The zero-order valence-corrected chi connectivity index (χ0v) is 10.6. The largest absolute Gasteiger partial charge is 0.477 e. The topological polar surface area (TPSA) is 85.7 Å². The summed E-state index contributed by atoms with van der Waals surface area (Å²) in [7, 11) is 1.27. The molecule has 0 unspecified atom stereocenters. The molecule has 1 aromatic heterocycles. The van der Waals surface area contributed by atoms with Gasteiger partial charge in [-0.15, -0.1) is 0 Å². The van der Waals surface area contributed by atoms with Gasteiger partial charge in [-0.2, -0.15) is 0 Å². The van der Waals surface area contributed by atoms with Gasteiger partial charge in [0.25, 0.3) is 0 Å². The van der Waals surface area contributed by atoms with Crippen molar-refractivity contribution in [1.82, 2.24) is 4.98 Å². The molecule has 0 atom stereocenters. The normalized spacial score (nSPS) is 9.85. The average molecular weight is 273 g/mol. The van der Waals surface area contributed by atoms with E-state index in [1.807, 2.05) is 0 Å². The number of carbonyl (C=O) groups is 2. The van der Waals surface area contributed by atoms with Crippen LogP contribution >= 0.6 is 0 Å². The molecule has 2 rings (SSSR count). The number of esters is 1. The second-order valence-electron chi connectivity index (χ2n) is 3.78. The molecule has 0 amide bonds. The van der Waals surface area contributed by atoms with Gasteiger partial charge < -0.3 is 14.6 Å². The molecule has 0 aliphatic heterocycles. The third-order valence-corrected chi connectivity index (χ3v) is 2.47. The van der Waals surface area contributed by atoms with Crippen LogP contribution in [-0.2, 0) is 4.74 Å². The monoisotopic (exact) mass is 273 g/mol. The molecular formula is C14H11NO5. The van der Waals surface area contributed by atoms with E-state index < -0.39 is 11.9 Å². The summed E-state index contributed by atoms with van der Waals surface area (Å²) in [6, 6.07) is 9.09. The fourth-order valence-electron chi connectivity index (χ4n) is 1.55. The molecule has 6 heteroatoms. The van der Waals surface area contributed by atoms with Crippen molar-refractivity contribution in [2.45, 2.75) is 0 Å². The Morgan fingerprint density at radius 3 is 2.70 bits per heavy atom. The summed E-state index contributed by atoms with van der Waals surface area (Å²) in [4.78, 5) is 26.3. The number of carbonyl (C=O) groups excluding carboxylic acids is 1. The van der Waals surface area contributed by atoms with E-state index in [9.17, 15) is 9.59 Å². The fourth-order valence-corrected chi connectivity index (χ4v) is 1.55. The lowest BCUT2D eigenvalue weighted by atomic mass is 10.2. The van der Waals surface area contributed by atoms with Crippen LogP contribution in [-0.4, -0.2) is 29.1 Å². The lowest BCUT2D eigenvalue weighted by Gasteiger charge is -2.08. The summed E-state index contributed by atoms with van der Waals surface area (Å²) >= 11 is 0. The molecule has 0 aliphatic rings. The van der Waals surface area contributed by atoms with E-state index in [4.69, 9.17) is 9.84 Å². The quantitative estimate of drug-likeness (QED) is 0.860. The molecule has 6 nitrogen and oxygen atoms in total. The van der Waals surface area contributed by atoms with Gasteiger partial charge in [-0.25, -0.2) is 14.6 Å². The van der Waals surface area contributed by atoms with Crippen LogP contribution in [0, 0.1) is 0 Å². The highest BCUT2D eigenvalue weighted by atomic mass is 16.5. The third-order valence-electron chi connectivity index (χ3n) is 2.47. The minimum absolute atomic E-state index is 0.0398. The van der Waals surface area contributed by atoms with Crippen LogP contribution in [0.2, 0.25) is 0 Å². The van der Waals surface area contributed by atoms with E-state index in [0.29, 0.717) is 11.3 Å². The second kappa shape index (κ2) is 5.83. The third kappa shape index (κ3) is 2.92. The lowest BCUT2D eigenvalue weighted by Crippen LogP contribution is -2.03. The zero-order valence-electron chi connectivity index (χ0n) is 10.6. The van der Waals surface area contributed by atoms with Crippen molar-refractivity contribution in [2.24, 2.45) is 0 Å². The molecule has 0 bridgehead atoms. The summed E-state index contributed by atoms with van der Waals surface area (Å²) in [5.41, 5.74) is 0.244. The van der Waals surface area contributed by atoms with Crippen molar-refractivity contribution in [2.75, 3.05) is 7.11 Å². The van der Waals surface area contributed by atoms with Crippen molar-refractivity contribution in [3.8, 4) is 11.6 Å². The molecule has 1 aromatic carbocycles. The number of nitrogens with zero attached hydrogens (tertiary/aromatic N) is 1. The number of carboxylic acid groups (broad SMARTS) is 1. The van der Waals surface area contributed by atoms with Crippen LogP contribution in [0.1, 0.15) is 20.7 Å². The molecule has 1 N–H and O–H groups in total. The molecule has 0 saturated heterocycles. The summed E-state index contributed by atoms with van der Waals surface area (Å²) in [5.74, 6) is -1.39. The van der Waals surface area contributed by atoms with Crippen molar-refractivity contribution < 1.29 is 24.2 Å². The fraction of sp³-hybridized carbons (Fsp3) is 0.0714. The van der Waals surface area contributed by atoms with Crippen LogP contribution in [0.4, 0.5) is 0 Å². The maximum atomic E-state index is 11.4. The highest BCUT2D eigenvalue weighted by Gasteiger charge is 2.13. The van der Waals surface area contributed by atoms with Crippen molar-refractivity contribution in [1.29, 1.82) is 0 Å². The lowest BCUT2D eigenvalue weighted by molar-refractivity contribution is 0.0599. The number of carboxylic acids is 1. The van der Waals surface area contributed by atoms with Gasteiger partial charge in [-0.1, -0.05) is 6.07 Å². The number of aromatic nitrogens is 1. The van der Waals surface area contributed by atoms with Crippen LogP contribution in [0.3, 0.4) is 0 Å². The Bertz CT molecular complexity index is 654. The minimum atomic E-state index is -1.14. The van der Waals surface area contributed by atoms with E-state index in [1.54, 1.807) is 18.2 Å². The molecule has 1 heterocycles. The van der Waals surface area contributed by atoms with Gasteiger partial charge in [0, 0.05) is 6.20 Å². The first-order chi connectivity index (χ1) is 9.61. The number of hydrogen-bond acceptors (Lipinski definition) is 5. The van der Waals surface area contributed by atoms with E-state index in [1.165, 1.54) is 31.5 Å². The van der Waals surface area contributed by atoms with Gasteiger partial charge in [-0.3, -0.25) is 0 Å². The molecular weight excluding hydrogens is 262 g/mol. The highest BCUT2D eigenvalue weighted by molar-refractivity contribution is 5.91. The molecule has 102 valence electrons. The molecule has 0 saturated carbocycles. The van der Waals surface area contributed by atoms with Gasteiger partial charge >= 0.3 is 11.9 Å². The van der Waals surface area contributed by atoms with Gasteiger partial charge in [-0.05, 0) is 30.3 Å². The van der Waals surface area contributed by atoms with Gasteiger partial charge in [0.1, 0.15) is 11.3 Å². The molecule has 0 fully saturated rings. The molecule has 20 heavy (non-hydrogen) atoms. The Balaban J connectivity index is 2.31. The van der Waals surface area contributed by atoms with E-state index in [-0.39, 0.29) is 11.4 Å². The maximum Gasteiger partial charge on any atom is 0.341 e. The Kier molecular flexibility index (Phi) is 3.95. The Labute approximate surface area is 114 Å². The number of benzene rings is 1. The van der Waals surface area contributed by atoms with Gasteiger partial charge in [0.05, 0.1) is 12.7 Å². The van der Waals surface area contributed by atoms with Crippen molar-refractivity contribution in [3.63, 3.8) is 0 Å². The van der Waals surface area contributed by atoms with Crippen LogP contribution in [0.15, 0.2) is 42.6 Å². The number of aromatic carboxylic acids is 1. The molecule has 0 aliphatic carbocycles. The number of methoxy groups -OCH3 is 1. The Morgan fingerprint density at radius 1 is 1.20 bits per heavy atom. The summed E-state index contributed by atoms with van der Waals surface area (Å²) in [5, 5.41) is 9.03. The average Bonchev–Trinajstić information content (AvgIpc) is 2.47. The summed E-state index contributed by atoms with van der Waals surface area (Å²) < 4.78 is 10.0. The number of rotatable bonds is 4. The standard InChI is InChI=1S/C14H11NO5/c1-19-14(18)9-4-2-5-10(8-9)20-12-11(13(16)17)6-3-7-15-12/h2-8H,1H3,(H,16,17). The number of pyridine rings is 1. The first-order valence-electron chi connectivity index (χ1n) is 5.66. The van der Waals surface area contributed by atoms with Gasteiger partial charge in [0.15, 0.2) is 0 Å². The van der Waals surface area contributed by atoms with Crippen LogP contribution in [0.5, 0.6) is 11.6 Å². The van der Waals surface area contributed by atoms with Crippen LogP contribution < -0.4 is 4.74 Å². The smallest absolute Gasteiger partial charge is 0.341 e. The second-order valence-corrected chi connectivity index (χ2v) is 3.78. The molecule has 0 spiro atoms. The predicted octanol–water partition coefficient (Wildman–Crippen LogP) is 2.36. The Morgan fingerprint density at radius 2 is 2.00 bits per heavy atom. The van der Waals surface area contributed by atoms with Gasteiger partial charge in [0.2, 0.25) is 5.88 Å². The number of ether oxygens (including phenoxy) is 2. The SMILES string of the molecule is COC(=O)c1cccc(Oc2ncccc2C(=O)O)c1.